The van der Waals surface area contributed by atoms with Crippen LogP contribution in [0.1, 0.15) is 0 Å². The summed E-state index contributed by atoms with van der Waals surface area (Å²) in [6, 6.07) is -0.355. The first-order chi connectivity index (χ1) is 7.90. The second-order valence-electron chi connectivity index (χ2n) is 3.77. The average Bonchev–Trinajstić information content (AvgIpc) is 2.62. The summed E-state index contributed by atoms with van der Waals surface area (Å²) in [5.41, 5.74) is 5.60. The summed E-state index contributed by atoms with van der Waals surface area (Å²) in [7, 11) is 0. The Morgan fingerprint density at radius 1 is 1.47 bits per heavy atom. The second kappa shape index (κ2) is 6.18. The third-order valence-corrected chi connectivity index (χ3v) is 2.27. The van der Waals surface area contributed by atoms with Crippen LogP contribution in [-0.4, -0.2) is 51.1 Å². The van der Waals surface area contributed by atoms with Crippen LogP contribution in [0.4, 0.5) is 13.2 Å². The van der Waals surface area contributed by atoms with Crippen LogP contribution in [0.15, 0.2) is 0 Å². The van der Waals surface area contributed by atoms with Crippen LogP contribution in [0.25, 0.3) is 0 Å². The molecule has 1 rings (SSSR count). The topological polar surface area (TPSA) is 73.6 Å². The summed E-state index contributed by atoms with van der Waals surface area (Å²) < 4.78 is 44.4. The van der Waals surface area contributed by atoms with E-state index < -0.39 is 18.7 Å². The van der Waals surface area contributed by atoms with Crippen LogP contribution < -0.4 is 11.1 Å². The Morgan fingerprint density at radius 2 is 2.18 bits per heavy atom. The molecule has 1 aliphatic rings. The number of hydrogen-bond acceptors (Lipinski definition) is 4. The average molecular weight is 256 g/mol. The molecule has 1 amide bonds. The third kappa shape index (κ3) is 5.33. The van der Waals surface area contributed by atoms with Crippen molar-refractivity contribution >= 4 is 5.91 Å². The van der Waals surface area contributed by atoms with Crippen LogP contribution >= 0.6 is 0 Å². The molecule has 0 saturated carbocycles. The van der Waals surface area contributed by atoms with E-state index in [4.69, 9.17) is 10.5 Å². The Balaban J connectivity index is 2.08. The fourth-order valence-corrected chi connectivity index (χ4v) is 1.41. The number of nitrogens with one attached hydrogen (secondary N) is 1. The van der Waals surface area contributed by atoms with Crippen molar-refractivity contribution < 1.29 is 27.4 Å². The molecule has 0 aliphatic carbocycles. The van der Waals surface area contributed by atoms with Crippen LogP contribution in [0, 0.1) is 5.92 Å². The van der Waals surface area contributed by atoms with E-state index in [0.29, 0.717) is 6.61 Å². The van der Waals surface area contributed by atoms with Crippen LogP contribution in [0.2, 0.25) is 0 Å². The van der Waals surface area contributed by atoms with Gasteiger partial charge in [-0.15, -0.1) is 0 Å². The first kappa shape index (κ1) is 14.2. The molecule has 17 heavy (non-hydrogen) atoms. The Hall–Kier alpha value is -0.860. The predicted octanol–water partition coefficient (Wildman–Crippen LogP) is -0.345. The minimum absolute atomic E-state index is 0.0259. The molecule has 0 aromatic heterocycles. The number of halogens is 3. The Labute approximate surface area is 96.4 Å². The summed E-state index contributed by atoms with van der Waals surface area (Å²) in [5, 5.41) is 2.45. The maximum absolute atomic E-state index is 11.7. The lowest BCUT2D eigenvalue weighted by atomic mass is 10.0. The maximum Gasteiger partial charge on any atom is 0.411 e. The van der Waals surface area contributed by atoms with Crippen molar-refractivity contribution in [2.45, 2.75) is 12.2 Å². The zero-order valence-corrected chi connectivity index (χ0v) is 9.13. The molecule has 2 atom stereocenters. The Bertz CT molecular complexity index is 260. The van der Waals surface area contributed by atoms with Gasteiger partial charge < -0.3 is 20.5 Å². The molecule has 1 heterocycles. The summed E-state index contributed by atoms with van der Waals surface area (Å²) in [5.74, 6) is -0.747. The zero-order chi connectivity index (χ0) is 12.9. The number of rotatable bonds is 5. The molecule has 0 bridgehead atoms. The molecule has 5 nitrogen and oxygen atoms in total. The van der Waals surface area contributed by atoms with E-state index in [9.17, 15) is 18.0 Å². The van der Waals surface area contributed by atoms with Crippen LogP contribution in [0.3, 0.4) is 0 Å². The minimum atomic E-state index is -4.34. The van der Waals surface area contributed by atoms with Crippen molar-refractivity contribution in [2.75, 3.05) is 33.0 Å². The van der Waals surface area contributed by atoms with E-state index in [-0.39, 0.29) is 31.7 Å². The molecule has 2 unspecified atom stereocenters. The third-order valence-electron chi connectivity index (χ3n) is 2.27. The van der Waals surface area contributed by atoms with Gasteiger partial charge in [-0.3, -0.25) is 4.79 Å². The molecule has 100 valence electrons. The van der Waals surface area contributed by atoms with E-state index >= 15 is 0 Å². The Morgan fingerprint density at radius 3 is 2.71 bits per heavy atom. The monoisotopic (exact) mass is 256 g/mol. The standard InChI is InChI=1S/C9H15F3N2O3/c10-9(11,12)5-16-2-1-14-8(15)6-3-17-4-7(6)13/h6-7H,1-5,13H2,(H,14,15). The van der Waals surface area contributed by atoms with E-state index in [1.54, 1.807) is 0 Å². The van der Waals surface area contributed by atoms with Gasteiger partial charge in [0.15, 0.2) is 0 Å². The van der Waals surface area contributed by atoms with Crippen molar-refractivity contribution in [1.29, 1.82) is 0 Å². The molecule has 3 N–H and O–H groups in total. The summed E-state index contributed by atoms with van der Waals surface area (Å²) >= 11 is 0. The van der Waals surface area contributed by atoms with Gasteiger partial charge in [-0.1, -0.05) is 0 Å². The van der Waals surface area contributed by atoms with E-state index in [2.05, 4.69) is 10.1 Å². The van der Waals surface area contributed by atoms with Crippen molar-refractivity contribution in [3.05, 3.63) is 0 Å². The summed E-state index contributed by atoms with van der Waals surface area (Å²) in [6.07, 6.45) is -4.34. The molecule has 0 aromatic carbocycles. The molecule has 1 fully saturated rings. The Kier molecular flexibility index (Phi) is 5.16. The predicted molar refractivity (Wildman–Crippen MR) is 52.2 cm³/mol. The highest BCUT2D eigenvalue weighted by Crippen LogP contribution is 2.14. The number of carbonyl (C=O) groups is 1. The first-order valence-electron chi connectivity index (χ1n) is 5.15. The van der Waals surface area contributed by atoms with E-state index in [0.717, 1.165) is 0 Å². The van der Waals surface area contributed by atoms with Crippen molar-refractivity contribution in [2.24, 2.45) is 11.7 Å². The fourth-order valence-electron chi connectivity index (χ4n) is 1.41. The van der Waals surface area contributed by atoms with E-state index in [1.165, 1.54) is 0 Å². The summed E-state index contributed by atoms with van der Waals surface area (Å²) in [4.78, 5) is 11.5. The zero-order valence-electron chi connectivity index (χ0n) is 9.13. The van der Waals surface area contributed by atoms with Crippen molar-refractivity contribution in [3.8, 4) is 0 Å². The van der Waals surface area contributed by atoms with Crippen molar-refractivity contribution in [3.63, 3.8) is 0 Å². The molecular formula is C9H15F3N2O3. The van der Waals surface area contributed by atoms with Crippen molar-refractivity contribution in [1.82, 2.24) is 5.32 Å². The highest BCUT2D eigenvalue weighted by Gasteiger charge is 2.31. The number of ether oxygens (including phenoxy) is 2. The maximum atomic E-state index is 11.7. The highest BCUT2D eigenvalue weighted by molar-refractivity contribution is 5.79. The van der Waals surface area contributed by atoms with Gasteiger partial charge in [0, 0.05) is 12.6 Å². The van der Waals surface area contributed by atoms with Gasteiger partial charge in [-0.25, -0.2) is 0 Å². The van der Waals surface area contributed by atoms with Crippen LogP contribution in [-0.2, 0) is 14.3 Å². The summed E-state index contributed by atoms with van der Waals surface area (Å²) in [6.45, 7) is -0.903. The number of hydrogen-bond donors (Lipinski definition) is 2. The minimum Gasteiger partial charge on any atom is -0.379 e. The second-order valence-corrected chi connectivity index (χ2v) is 3.77. The molecule has 1 aliphatic heterocycles. The van der Waals surface area contributed by atoms with Gasteiger partial charge in [0.2, 0.25) is 5.91 Å². The lowest BCUT2D eigenvalue weighted by molar-refractivity contribution is -0.173. The molecule has 0 spiro atoms. The van der Waals surface area contributed by atoms with Gasteiger partial charge in [-0.05, 0) is 0 Å². The van der Waals surface area contributed by atoms with Gasteiger partial charge in [-0.2, -0.15) is 13.2 Å². The van der Waals surface area contributed by atoms with Gasteiger partial charge >= 0.3 is 6.18 Å². The SMILES string of the molecule is NC1COCC1C(=O)NCCOCC(F)(F)F. The molecule has 1 saturated heterocycles. The molecule has 8 heteroatoms. The molecule has 0 aromatic rings. The number of nitrogens with two attached hydrogens (primary N) is 1. The molecular weight excluding hydrogens is 241 g/mol. The smallest absolute Gasteiger partial charge is 0.379 e. The first-order valence-corrected chi connectivity index (χ1v) is 5.15. The lowest BCUT2D eigenvalue weighted by Crippen LogP contribution is -2.42. The van der Waals surface area contributed by atoms with Gasteiger partial charge in [0.05, 0.1) is 25.7 Å². The molecule has 0 radical (unpaired) electrons. The highest BCUT2D eigenvalue weighted by atomic mass is 19.4. The van der Waals surface area contributed by atoms with E-state index in [1.807, 2.05) is 0 Å². The number of alkyl halides is 3. The van der Waals surface area contributed by atoms with Gasteiger partial charge in [0.25, 0.3) is 0 Å². The lowest BCUT2D eigenvalue weighted by Gasteiger charge is -2.13. The number of amides is 1. The van der Waals surface area contributed by atoms with Crippen LogP contribution in [0.5, 0.6) is 0 Å². The normalized spacial score (nSPS) is 24.9. The number of carbonyl (C=O) groups excluding carboxylic acids is 1. The quantitative estimate of drug-likeness (QED) is 0.660. The fraction of sp³-hybridized carbons (Fsp3) is 0.889. The largest absolute Gasteiger partial charge is 0.411 e. The van der Waals surface area contributed by atoms with Gasteiger partial charge in [0.1, 0.15) is 6.61 Å².